The van der Waals surface area contributed by atoms with Crippen LogP contribution in [-0.4, -0.2) is 13.2 Å². The third-order valence-electron chi connectivity index (χ3n) is 2.47. The zero-order valence-corrected chi connectivity index (χ0v) is 9.99. The Morgan fingerprint density at radius 2 is 1.69 bits per heavy atom. The third kappa shape index (κ3) is 3.08. The molecular weight excluding hydrogens is 225 g/mol. The first kappa shape index (κ1) is 11.6. The van der Waals surface area contributed by atoms with Crippen molar-refractivity contribution in [1.82, 2.24) is 0 Å². The lowest BCUT2D eigenvalue weighted by Crippen LogP contribution is -1.97. The summed E-state index contributed by atoms with van der Waals surface area (Å²) in [4.78, 5) is 0. The molecule has 88 valence electrons. The summed E-state index contributed by atoms with van der Waals surface area (Å²) in [7, 11) is -2.93. The van der Waals surface area contributed by atoms with Gasteiger partial charge in [-0.05, 0) is 30.5 Å². The second-order valence-electron chi connectivity index (χ2n) is 3.88. The molecule has 1 aliphatic heterocycles. The molecule has 0 bridgehead atoms. The first-order chi connectivity index (χ1) is 7.68. The van der Waals surface area contributed by atoms with Gasteiger partial charge in [-0.25, -0.2) is 0 Å². The summed E-state index contributed by atoms with van der Waals surface area (Å²) >= 11 is 0. The van der Waals surface area contributed by atoms with Gasteiger partial charge in [-0.3, -0.25) is 4.57 Å². The van der Waals surface area contributed by atoms with E-state index >= 15 is 0 Å². The normalized spacial score (nSPS) is 20.2. The van der Waals surface area contributed by atoms with E-state index in [1.807, 2.05) is 12.1 Å². The number of hydrogen-bond donors (Lipinski definition) is 1. The van der Waals surface area contributed by atoms with Crippen LogP contribution in [0.1, 0.15) is 18.4 Å². The van der Waals surface area contributed by atoms with Crippen LogP contribution in [-0.2, 0) is 19.8 Å². The predicted molar refractivity (Wildman–Crippen MR) is 63.3 cm³/mol. The molecule has 1 heterocycles. The van der Waals surface area contributed by atoms with Gasteiger partial charge in [0.2, 0.25) is 0 Å². The quantitative estimate of drug-likeness (QED) is 0.638. The van der Waals surface area contributed by atoms with Gasteiger partial charge in [0.1, 0.15) is 0 Å². The lowest BCUT2D eigenvalue weighted by Gasteiger charge is -2.15. The highest BCUT2D eigenvalue weighted by molar-refractivity contribution is 7.53. The van der Waals surface area contributed by atoms with Gasteiger partial charge in [0.05, 0.1) is 19.4 Å². The first-order valence-corrected chi connectivity index (χ1v) is 7.13. The van der Waals surface area contributed by atoms with Crippen molar-refractivity contribution >= 4 is 13.3 Å². The molecule has 4 nitrogen and oxygen atoms in total. The third-order valence-corrected chi connectivity index (χ3v) is 4.37. The fraction of sp³-hybridized carbons (Fsp3) is 0.455. The molecule has 2 rings (SSSR count). The molecule has 1 aromatic carbocycles. The number of benzene rings is 1. The molecular formula is C11H16NO3P. The fourth-order valence-corrected chi connectivity index (χ4v) is 3.32. The van der Waals surface area contributed by atoms with E-state index in [1.165, 1.54) is 0 Å². The van der Waals surface area contributed by atoms with Gasteiger partial charge >= 0.3 is 7.60 Å². The molecule has 5 heteroatoms. The summed E-state index contributed by atoms with van der Waals surface area (Å²) in [6, 6.07) is 7.29. The minimum Gasteiger partial charge on any atom is -0.399 e. The van der Waals surface area contributed by atoms with Crippen LogP contribution in [0.25, 0.3) is 0 Å². The number of anilines is 1. The lowest BCUT2D eigenvalue weighted by molar-refractivity contribution is 0.238. The van der Waals surface area contributed by atoms with Crippen molar-refractivity contribution in [1.29, 1.82) is 0 Å². The monoisotopic (exact) mass is 241 g/mol. The van der Waals surface area contributed by atoms with Gasteiger partial charge in [0.15, 0.2) is 0 Å². The minimum absolute atomic E-state index is 0.327. The van der Waals surface area contributed by atoms with Crippen molar-refractivity contribution in [2.45, 2.75) is 19.0 Å². The SMILES string of the molecule is Nc1ccc(CP2(=O)OCCCCO2)cc1. The van der Waals surface area contributed by atoms with Gasteiger partial charge in [-0.15, -0.1) is 0 Å². The largest absolute Gasteiger partial charge is 0.399 e. The van der Waals surface area contributed by atoms with Gasteiger partial charge in [-0.2, -0.15) is 0 Å². The molecule has 0 spiro atoms. The Balaban J connectivity index is 2.07. The standard InChI is InChI=1S/C11H16NO3P/c12-11-5-3-10(4-6-11)9-16(13)14-7-1-2-8-15-16/h3-6H,1-2,7-9,12H2. The molecule has 2 N–H and O–H groups in total. The topological polar surface area (TPSA) is 61.6 Å². The Labute approximate surface area is 95.3 Å². The summed E-state index contributed by atoms with van der Waals surface area (Å²) < 4.78 is 22.9. The molecule has 0 saturated carbocycles. The maximum atomic E-state index is 12.2. The first-order valence-electron chi connectivity index (χ1n) is 5.40. The van der Waals surface area contributed by atoms with Crippen molar-refractivity contribution < 1.29 is 13.6 Å². The van der Waals surface area contributed by atoms with Gasteiger partial charge in [0.25, 0.3) is 0 Å². The summed E-state index contributed by atoms with van der Waals surface area (Å²) in [5.41, 5.74) is 7.22. The molecule has 1 saturated heterocycles. The molecule has 0 aromatic heterocycles. The number of nitrogen functional groups attached to an aromatic ring is 1. The van der Waals surface area contributed by atoms with E-state index in [0.29, 0.717) is 25.1 Å². The van der Waals surface area contributed by atoms with Crippen molar-refractivity contribution in [3.05, 3.63) is 29.8 Å². The van der Waals surface area contributed by atoms with E-state index in [1.54, 1.807) is 12.1 Å². The van der Waals surface area contributed by atoms with Gasteiger partial charge < -0.3 is 14.8 Å². The average Bonchev–Trinajstić information content (AvgIpc) is 2.47. The van der Waals surface area contributed by atoms with Crippen LogP contribution in [0.2, 0.25) is 0 Å². The Kier molecular flexibility index (Phi) is 3.64. The molecule has 0 unspecified atom stereocenters. The predicted octanol–water partition coefficient (Wildman–Crippen LogP) is 2.79. The number of hydrogen-bond acceptors (Lipinski definition) is 4. The second-order valence-corrected chi connectivity index (χ2v) is 5.94. The van der Waals surface area contributed by atoms with Crippen molar-refractivity contribution in [2.75, 3.05) is 18.9 Å². The fourth-order valence-electron chi connectivity index (χ4n) is 1.59. The molecule has 0 radical (unpaired) electrons. The van der Waals surface area contributed by atoms with Gasteiger partial charge in [0, 0.05) is 5.69 Å². The summed E-state index contributed by atoms with van der Waals surface area (Å²) in [6.07, 6.45) is 2.14. The Morgan fingerprint density at radius 3 is 2.25 bits per heavy atom. The van der Waals surface area contributed by atoms with Gasteiger partial charge in [-0.1, -0.05) is 12.1 Å². The lowest BCUT2D eigenvalue weighted by atomic mass is 10.2. The van der Waals surface area contributed by atoms with E-state index in [2.05, 4.69) is 0 Å². The zero-order chi connectivity index (χ0) is 11.4. The Hall–Kier alpha value is -0.830. The van der Waals surface area contributed by atoms with Crippen LogP contribution in [0.5, 0.6) is 0 Å². The molecule has 16 heavy (non-hydrogen) atoms. The molecule has 1 aliphatic rings. The molecule has 0 amide bonds. The Bertz CT molecular complexity index is 379. The van der Waals surface area contributed by atoms with Crippen molar-refractivity contribution in [2.24, 2.45) is 0 Å². The molecule has 0 aliphatic carbocycles. The second kappa shape index (κ2) is 5.00. The van der Waals surface area contributed by atoms with E-state index in [-0.39, 0.29) is 0 Å². The number of nitrogens with two attached hydrogens (primary N) is 1. The van der Waals surface area contributed by atoms with Crippen LogP contribution in [0.15, 0.2) is 24.3 Å². The van der Waals surface area contributed by atoms with Crippen LogP contribution in [0.3, 0.4) is 0 Å². The number of rotatable bonds is 2. The van der Waals surface area contributed by atoms with E-state index < -0.39 is 7.60 Å². The van der Waals surface area contributed by atoms with Crippen LogP contribution in [0, 0.1) is 0 Å². The summed E-state index contributed by atoms with van der Waals surface area (Å²) in [5, 5.41) is 0. The molecule has 1 aromatic rings. The highest BCUT2D eigenvalue weighted by atomic mass is 31.2. The zero-order valence-electron chi connectivity index (χ0n) is 9.09. The highest BCUT2D eigenvalue weighted by Crippen LogP contribution is 2.52. The average molecular weight is 241 g/mol. The maximum absolute atomic E-state index is 12.2. The van der Waals surface area contributed by atoms with Crippen molar-refractivity contribution in [3.63, 3.8) is 0 Å². The molecule has 0 atom stereocenters. The van der Waals surface area contributed by atoms with Crippen LogP contribution in [0.4, 0.5) is 5.69 Å². The van der Waals surface area contributed by atoms with Crippen LogP contribution < -0.4 is 5.73 Å². The summed E-state index contributed by atoms with van der Waals surface area (Å²) in [6.45, 7) is 1.04. The van der Waals surface area contributed by atoms with E-state index in [0.717, 1.165) is 18.4 Å². The van der Waals surface area contributed by atoms with E-state index in [4.69, 9.17) is 14.8 Å². The molecule has 1 fully saturated rings. The minimum atomic E-state index is -2.93. The smallest absolute Gasteiger partial charge is 0.335 e. The van der Waals surface area contributed by atoms with Crippen LogP contribution >= 0.6 is 7.60 Å². The highest BCUT2D eigenvalue weighted by Gasteiger charge is 2.26. The maximum Gasteiger partial charge on any atom is 0.335 e. The van der Waals surface area contributed by atoms with E-state index in [9.17, 15) is 4.57 Å². The summed E-state index contributed by atoms with van der Waals surface area (Å²) in [5.74, 6) is 0. The Morgan fingerprint density at radius 1 is 1.12 bits per heavy atom. The van der Waals surface area contributed by atoms with Crippen molar-refractivity contribution in [3.8, 4) is 0 Å².